The van der Waals surface area contributed by atoms with Crippen LogP contribution in [0.2, 0.25) is 0 Å². The Morgan fingerprint density at radius 3 is 2.78 bits per heavy atom. The van der Waals surface area contributed by atoms with E-state index in [0.29, 0.717) is 24.1 Å². The van der Waals surface area contributed by atoms with Crippen molar-refractivity contribution < 1.29 is 22.7 Å². The fraction of sp³-hybridized carbons (Fsp3) is 0.235. The molecule has 0 bridgehead atoms. The van der Waals surface area contributed by atoms with E-state index in [0.717, 1.165) is 16.3 Å². The maximum Gasteiger partial charge on any atom is 0.387 e. The molecule has 2 heterocycles. The highest BCUT2D eigenvalue weighted by atomic mass is 19.3. The summed E-state index contributed by atoms with van der Waals surface area (Å²) >= 11 is 0. The van der Waals surface area contributed by atoms with Crippen molar-refractivity contribution in [1.29, 1.82) is 0 Å². The van der Waals surface area contributed by atoms with Gasteiger partial charge in [0.15, 0.2) is 11.3 Å². The van der Waals surface area contributed by atoms with Crippen molar-refractivity contribution in [3.63, 3.8) is 0 Å². The number of nitrogens with one attached hydrogen (secondary N) is 1. The topological polar surface area (TPSA) is 51.5 Å². The Labute approximate surface area is 130 Å². The number of hydrogen-bond donors (Lipinski definition) is 1. The van der Waals surface area contributed by atoms with Gasteiger partial charge in [0.25, 0.3) is 0 Å². The summed E-state index contributed by atoms with van der Waals surface area (Å²) in [4.78, 5) is 11.5. The summed E-state index contributed by atoms with van der Waals surface area (Å²) in [6, 6.07) is 10.6. The SMILES string of the molecule is O=C1CC(c2ccc(OC(F)F)c3oc4ccccc4c23)CN1. The van der Waals surface area contributed by atoms with Crippen molar-refractivity contribution >= 4 is 27.8 Å². The standard InChI is InChI=1S/C17H13F2NO3/c18-17(19)23-13-6-5-10(9-7-14(21)20-8-9)15-11-3-1-2-4-12(11)22-16(13)15/h1-6,9,17H,7-8H2,(H,20,21). The van der Waals surface area contributed by atoms with Gasteiger partial charge in [-0.1, -0.05) is 24.3 Å². The fourth-order valence-electron chi connectivity index (χ4n) is 3.18. The molecule has 4 nitrogen and oxygen atoms in total. The molecule has 0 radical (unpaired) electrons. The molecule has 1 fully saturated rings. The monoisotopic (exact) mass is 317 g/mol. The van der Waals surface area contributed by atoms with Crippen molar-refractivity contribution in [2.75, 3.05) is 6.54 Å². The molecule has 0 aliphatic carbocycles. The molecule has 1 amide bonds. The van der Waals surface area contributed by atoms with Crippen molar-refractivity contribution in [1.82, 2.24) is 5.32 Å². The van der Waals surface area contributed by atoms with E-state index in [1.54, 1.807) is 12.1 Å². The summed E-state index contributed by atoms with van der Waals surface area (Å²) in [5.41, 5.74) is 1.81. The number of rotatable bonds is 3. The number of hydrogen-bond acceptors (Lipinski definition) is 3. The first-order valence-corrected chi connectivity index (χ1v) is 7.29. The summed E-state index contributed by atoms with van der Waals surface area (Å²) < 4.78 is 35.6. The second kappa shape index (κ2) is 5.22. The molecule has 1 unspecified atom stereocenters. The van der Waals surface area contributed by atoms with Gasteiger partial charge < -0.3 is 14.5 Å². The van der Waals surface area contributed by atoms with E-state index < -0.39 is 6.61 Å². The van der Waals surface area contributed by atoms with Crippen molar-refractivity contribution in [3.05, 3.63) is 42.0 Å². The highest BCUT2D eigenvalue weighted by molar-refractivity contribution is 6.09. The predicted octanol–water partition coefficient (Wildman–Crippen LogP) is 3.79. The number of carbonyl (C=O) groups excluding carboxylic acids is 1. The van der Waals surface area contributed by atoms with Gasteiger partial charge in [-0.15, -0.1) is 0 Å². The van der Waals surface area contributed by atoms with E-state index in [1.807, 2.05) is 18.2 Å². The zero-order chi connectivity index (χ0) is 16.0. The van der Waals surface area contributed by atoms with Gasteiger partial charge in [0, 0.05) is 29.7 Å². The molecule has 4 rings (SSSR count). The summed E-state index contributed by atoms with van der Waals surface area (Å²) in [5, 5.41) is 4.37. The van der Waals surface area contributed by atoms with E-state index in [1.165, 1.54) is 6.07 Å². The van der Waals surface area contributed by atoms with Gasteiger partial charge in [-0.25, -0.2) is 0 Å². The maximum absolute atomic E-state index is 12.6. The van der Waals surface area contributed by atoms with Crippen LogP contribution in [0.5, 0.6) is 5.75 Å². The molecule has 1 atom stereocenters. The number of fused-ring (bicyclic) bond motifs is 3. The number of carbonyl (C=O) groups is 1. The van der Waals surface area contributed by atoms with Gasteiger partial charge in [-0.3, -0.25) is 4.79 Å². The molecule has 1 aromatic heterocycles. The minimum Gasteiger partial charge on any atom is -0.452 e. The van der Waals surface area contributed by atoms with Crippen LogP contribution in [0.4, 0.5) is 8.78 Å². The molecule has 1 aliphatic heterocycles. The smallest absolute Gasteiger partial charge is 0.387 e. The van der Waals surface area contributed by atoms with Gasteiger partial charge in [0.1, 0.15) is 5.58 Å². The molecule has 0 saturated carbocycles. The van der Waals surface area contributed by atoms with Gasteiger partial charge in [0.2, 0.25) is 5.91 Å². The summed E-state index contributed by atoms with van der Waals surface area (Å²) in [5.74, 6) is -0.0114. The van der Waals surface area contributed by atoms with Crippen LogP contribution in [0.3, 0.4) is 0 Å². The molecule has 1 saturated heterocycles. The first kappa shape index (κ1) is 14.0. The summed E-state index contributed by atoms with van der Waals surface area (Å²) in [6.07, 6.45) is 0.379. The van der Waals surface area contributed by atoms with Gasteiger partial charge >= 0.3 is 6.61 Å². The Bertz CT molecular complexity index is 903. The van der Waals surface area contributed by atoms with Crippen molar-refractivity contribution in [2.45, 2.75) is 19.0 Å². The molecule has 0 spiro atoms. The van der Waals surface area contributed by atoms with E-state index in [2.05, 4.69) is 10.1 Å². The van der Waals surface area contributed by atoms with Crippen LogP contribution in [0, 0.1) is 0 Å². The number of benzene rings is 2. The van der Waals surface area contributed by atoms with Gasteiger partial charge in [-0.2, -0.15) is 8.78 Å². The van der Waals surface area contributed by atoms with E-state index in [4.69, 9.17) is 4.42 Å². The quantitative estimate of drug-likeness (QED) is 0.799. The zero-order valence-corrected chi connectivity index (χ0v) is 12.0. The number of alkyl halides is 2. The molecule has 2 aromatic carbocycles. The zero-order valence-electron chi connectivity index (χ0n) is 12.0. The van der Waals surface area contributed by atoms with Gasteiger partial charge in [0.05, 0.1) is 0 Å². The number of para-hydroxylation sites is 1. The molecular formula is C17H13F2NO3. The summed E-state index contributed by atoms with van der Waals surface area (Å²) in [7, 11) is 0. The lowest BCUT2D eigenvalue weighted by Gasteiger charge is -2.12. The largest absolute Gasteiger partial charge is 0.452 e. The second-order valence-corrected chi connectivity index (χ2v) is 5.54. The molecule has 118 valence electrons. The first-order valence-electron chi connectivity index (χ1n) is 7.29. The minimum absolute atomic E-state index is 0.00670. The van der Waals surface area contributed by atoms with Crippen LogP contribution in [0.1, 0.15) is 17.9 Å². The van der Waals surface area contributed by atoms with Crippen LogP contribution in [0.25, 0.3) is 21.9 Å². The third kappa shape index (κ3) is 2.30. The van der Waals surface area contributed by atoms with Crippen molar-refractivity contribution in [3.8, 4) is 5.75 Å². The average Bonchev–Trinajstić information content (AvgIpc) is 3.11. The normalized spacial score (nSPS) is 18.0. The fourth-order valence-corrected chi connectivity index (χ4v) is 3.18. The van der Waals surface area contributed by atoms with Crippen LogP contribution in [-0.2, 0) is 4.79 Å². The Kier molecular flexibility index (Phi) is 3.18. The Morgan fingerprint density at radius 2 is 2.04 bits per heavy atom. The molecule has 1 aliphatic rings. The van der Waals surface area contributed by atoms with Crippen LogP contribution >= 0.6 is 0 Å². The van der Waals surface area contributed by atoms with E-state index in [-0.39, 0.29) is 17.6 Å². The van der Waals surface area contributed by atoms with Gasteiger partial charge in [-0.05, 0) is 17.7 Å². The third-order valence-corrected chi connectivity index (χ3v) is 4.16. The molecule has 23 heavy (non-hydrogen) atoms. The van der Waals surface area contributed by atoms with Crippen LogP contribution in [-0.4, -0.2) is 19.1 Å². The molecule has 6 heteroatoms. The predicted molar refractivity (Wildman–Crippen MR) is 80.7 cm³/mol. The average molecular weight is 317 g/mol. The Balaban J connectivity index is 1.98. The highest BCUT2D eigenvalue weighted by Gasteiger charge is 2.27. The van der Waals surface area contributed by atoms with Crippen LogP contribution < -0.4 is 10.1 Å². The molecule has 3 aromatic rings. The number of furan rings is 1. The highest BCUT2D eigenvalue weighted by Crippen LogP contribution is 2.41. The second-order valence-electron chi connectivity index (χ2n) is 5.54. The Hall–Kier alpha value is -2.63. The Morgan fingerprint density at radius 1 is 1.22 bits per heavy atom. The van der Waals surface area contributed by atoms with E-state index in [9.17, 15) is 13.6 Å². The number of ether oxygens (including phenoxy) is 1. The minimum atomic E-state index is -2.92. The van der Waals surface area contributed by atoms with Crippen molar-refractivity contribution in [2.24, 2.45) is 0 Å². The maximum atomic E-state index is 12.6. The summed E-state index contributed by atoms with van der Waals surface area (Å²) in [6.45, 7) is -2.39. The molecule has 1 N–H and O–H groups in total. The first-order chi connectivity index (χ1) is 11.1. The number of halogens is 2. The van der Waals surface area contributed by atoms with Crippen LogP contribution in [0.15, 0.2) is 40.8 Å². The molecular weight excluding hydrogens is 304 g/mol. The lowest BCUT2D eigenvalue weighted by atomic mass is 9.93. The van der Waals surface area contributed by atoms with E-state index >= 15 is 0 Å². The lowest BCUT2D eigenvalue weighted by molar-refractivity contribution is -0.119. The number of amides is 1. The third-order valence-electron chi connectivity index (χ3n) is 4.16. The lowest BCUT2D eigenvalue weighted by Crippen LogP contribution is -2.13.